The summed E-state index contributed by atoms with van der Waals surface area (Å²) < 4.78 is 7.02. The van der Waals surface area contributed by atoms with Gasteiger partial charge in [-0.1, -0.05) is 72.3 Å². The first-order valence-corrected chi connectivity index (χ1v) is 9.66. The zero-order valence-electron chi connectivity index (χ0n) is 14.1. The lowest BCUT2D eigenvalue weighted by molar-refractivity contribution is 0.586. The van der Waals surface area contributed by atoms with Gasteiger partial charge < -0.3 is 4.42 Å². The van der Waals surface area contributed by atoms with E-state index < -0.39 is 0 Å². The summed E-state index contributed by atoms with van der Waals surface area (Å²) in [6.45, 7) is 0. The van der Waals surface area contributed by atoms with Crippen LogP contribution in [0, 0.1) is 0 Å². The van der Waals surface area contributed by atoms with Gasteiger partial charge in [-0.15, -0.1) is 21.5 Å². The molecule has 0 saturated heterocycles. The van der Waals surface area contributed by atoms with E-state index in [1.54, 1.807) is 11.3 Å². The third kappa shape index (κ3) is 2.93. The second-order valence-electron chi connectivity index (χ2n) is 6.10. The van der Waals surface area contributed by atoms with Crippen molar-refractivity contribution < 1.29 is 4.42 Å². The topological polar surface area (TPSA) is 38.9 Å². The van der Waals surface area contributed by atoms with Crippen molar-refractivity contribution in [3.63, 3.8) is 0 Å². The van der Waals surface area contributed by atoms with E-state index in [0.29, 0.717) is 16.8 Å². The molecule has 0 atom stereocenters. The van der Waals surface area contributed by atoms with Crippen LogP contribution in [-0.4, -0.2) is 10.2 Å². The highest BCUT2D eigenvalue weighted by atomic mass is 35.5. The zero-order chi connectivity index (χ0) is 18.2. The van der Waals surface area contributed by atoms with Crippen LogP contribution in [0.5, 0.6) is 0 Å². The van der Waals surface area contributed by atoms with E-state index >= 15 is 0 Å². The Morgan fingerprint density at radius 2 is 1.30 bits per heavy atom. The Morgan fingerprint density at radius 3 is 2.07 bits per heavy atom. The molecule has 3 aromatic carbocycles. The van der Waals surface area contributed by atoms with Crippen molar-refractivity contribution in [2.24, 2.45) is 0 Å². The zero-order valence-corrected chi connectivity index (χ0v) is 15.7. The molecule has 0 aliphatic rings. The Balaban J connectivity index is 1.49. The Hall–Kier alpha value is -2.95. The highest BCUT2D eigenvalue weighted by Crippen LogP contribution is 2.41. The van der Waals surface area contributed by atoms with Gasteiger partial charge in [-0.3, -0.25) is 0 Å². The molecule has 0 bridgehead atoms. The highest BCUT2D eigenvalue weighted by molar-refractivity contribution is 7.23. The molecule has 27 heavy (non-hydrogen) atoms. The number of nitrogens with zero attached hydrogens (tertiary/aromatic N) is 2. The van der Waals surface area contributed by atoms with Crippen LogP contribution < -0.4 is 0 Å². The predicted octanol–water partition coefficient (Wildman–Crippen LogP) is 6.94. The summed E-state index contributed by atoms with van der Waals surface area (Å²) in [4.78, 5) is 0.803. The van der Waals surface area contributed by atoms with Crippen LogP contribution in [-0.2, 0) is 0 Å². The standard InChI is InChI=1S/C22H13ClN2OS/c23-19-17-8-4-5-9-18(17)27-20(19)22-25-24-21(26-22)16-12-10-15(11-13-16)14-6-2-1-3-7-14/h1-13H. The average Bonchev–Trinajstić information content (AvgIpc) is 3.34. The first kappa shape index (κ1) is 16.2. The third-order valence-corrected chi connectivity index (χ3v) is 6.06. The summed E-state index contributed by atoms with van der Waals surface area (Å²) in [6, 6.07) is 26.3. The van der Waals surface area contributed by atoms with E-state index in [1.807, 2.05) is 54.6 Å². The van der Waals surface area contributed by atoms with Crippen molar-refractivity contribution in [2.45, 2.75) is 0 Å². The van der Waals surface area contributed by atoms with E-state index in [1.165, 1.54) is 5.56 Å². The van der Waals surface area contributed by atoms with Crippen LogP contribution >= 0.6 is 22.9 Å². The SMILES string of the molecule is Clc1c(-c2nnc(-c3ccc(-c4ccccc4)cc3)o2)sc2ccccc12. The van der Waals surface area contributed by atoms with Gasteiger partial charge in [0.05, 0.1) is 5.02 Å². The largest absolute Gasteiger partial charge is 0.415 e. The molecule has 130 valence electrons. The molecule has 3 nitrogen and oxygen atoms in total. The molecular weight excluding hydrogens is 376 g/mol. The fraction of sp³-hybridized carbons (Fsp3) is 0. The summed E-state index contributed by atoms with van der Waals surface area (Å²) in [5.41, 5.74) is 3.20. The molecular formula is C22H13ClN2OS. The molecule has 0 aliphatic heterocycles. The van der Waals surface area contributed by atoms with E-state index in [9.17, 15) is 0 Å². The maximum Gasteiger partial charge on any atom is 0.259 e. The minimum absolute atomic E-state index is 0.448. The Labute approximate surface area is 164 Å². The van der Waals surface area contributed by atoms with Crippen LogP contribution in [0.1, 0.15) is 0 Å². The third-order valence-electron chi connectivity index (χ3n) is 4.39. The van der Waals surface area contributed by atoms with Crippen LogP contribution in [0.15, 0.2) is 83.3 Å². The molecule has 0 radical (unpaired) electrons. The summed E-state index contributed by atoms with van der Waals surface area (Å²) in [5, 5.41) is 10.1. The van der Waals surface area contributed by atoms with Crippen molar-refractivity contribution in [1.29, 1.82) is 0 Å². The molecule has 5 aromatic rings. The second-order valence-corrected chi connectivity index (χ2v) is 7.53. The van der Waals surface area contributed by atoms with Crippen LogP contribution in [0.25, 0.3) is 43.4 Å². The fourth-order valence-corrected chi connectivity index (χ4v) is 4.45. The molecule has 0 unspecified atom stereocenters. The van der Waals surface area contributed by atoms with E-state index in [-0.39, 0.29) is 0 Å². The second kappa shape index (κ2) is 6.65. The molecule has 0 spiro atoms. The van der Waals surface area contributed by atoms with Crippen molar-refractivity contribution in [1.82, 2.24) is 10.2 Å². The maximum absolute atomic E-state index is 6.52. The minimum Gasteiger partial charge on any atom is -0.415 e. The van der Waals surface area contributed by atoms with Gasteiger partial charge in [-0.25, -0.2) is 0 Å². The van der Waals surface area contributed by atoms with Gasteiger partial charge in [0.1, 0.15) is 4.88 Å². The Bertz CT molecular complexity index is 1230. The van der Waals surface area contributed by atoms with Gasteiger partial charge >= 0.3 is 0 Å². The van der Waals surface area contributed by atoms with Crippen molar-refractivity contribution in [3.05, 3.63) is 83.9 Å². The maximum atomic E-state index is 6.52. The first-order chi connectivity index (χ1) is 13.3. The normalized spacial score (nSPS) is 11.1. The molecule has 2 heterocycles. The van der Waals surface area contributed by atoms with Crippen molar-refractivity contribution in [3.8, 4) is 33.3 Å². The number of thiophene rings is 1. The number of hydrogen-bond donors (Lipinski definition) is 0. The summed E-state index contributed by atoms with van der Waals surface area (Å²) in [6.07, 6.45) is 0. The molecule has 0 aliphatic carbocycles. The first-order valence-electron chi connectivity index (χ1n) is 8.46. The summed E-state index contributed by atoms with van der Waals surface area (Å²) in [5.74, 6) is 0.932. The van der Waals surface area contributed by atoms with Crippen LogP contribution in [0.4, 0.5) is 0 Å². The monoisotopic (exact) mass is 388 g/mol. The van der Waals surface area contributed by atoms with Crippen molar-refractivity contribution >= 4 is 33.0 Å². The van der Waals surface area contributed by atoms with E-state index in [0.717, 1.165) is 26.1 Å². The quantitative estimate of drug-likeness (QED) is 0.336. The van der Waals surface area contributed by atoms with Crippen LogP contribution in [0.3, 0.4) is 0 Å². The number of halogens is 1. The lowest BCUT2D eigenvalue weighted by Crippen LogP contribution is -1.80. The molecule has 5 heteroatoms. The Morgan fingerprint density at radius 1 is 0.667 bits per heavy atom. The number of rotatable bonds is 3. The van der Waals surface area contributed by atoms with Crippen LogP contribution in [0.2, 0.25) is 5.02 Å². The summed E-state index contributed by atoms with van der Waals surface area (Å²) in [7, 11) is 0. The lowest BCUT2D eigenvalue weighted by Gasteiger charge is -2.01. The fourth-order valence-electron chi connectivity index (χ4n) is 3.02. The number of aromatic nitrogens is 2. The van der Waals surface area contributed by atoms with E-state index in [4.69, 9.17) is 16.0 Å². The molecule has 5 rings (SSSR count). The number of benzene rings is 3. The highest BCUT2D eigenvalue weighted by Gasteiger charge is 2.18. The molecule has 2 aromatic heterocycles. The molecule has 0 N–H and O–H groups in total. The van der Waals surface area contributed by atoms with Gasteiger partial charge in [0.2, 0.25) is 5.89 Å². The smallest absolute Gasteiger partial charge is 0.259 e. The van der Waals surface area contributed by atoms with E-state index in [2.05, 4.69) is 34.5 Å². The molecule has 0 amide bonds. The number of hydrogen-bond acceptors (Lipinski definition) is 4. The van der Waals surface area contributed by atoms with Gasteiger partial charge in [0.15, 0.2) is 0 Å². The molecule has 0 fully saturated rings. The Kier molecular flexibility index (Phi) is 4.00. The average molecular weight is 389 g/mol. The van der Waals surface area contributed by atoms with Gasteiger partial charge in [-0.05, 0) is 29.3 Å². The van der Waals surface area contributed by atoms with Gasteiger partial charge in [0, 0.05) is 15.6 Å². The lowest BCUT2D eigenvalue weighted by atomic mass is 10.0. The van der Waals surface area contributed by atoms with Gasteiger partial charge in [-0.2, -0.15) is 0 Å². The van der Waals surface area contributed by atoms with Crippen molar-refractivity contribution in [2.75, 3.05) is 0 Å². The number of fused-ring (bicyclic) bond motifs is 1. The molecule has 0 saturated carbocycles. The van der Waals surface area contributed by atoms with Gasteiger partial charge in [0.25, 0.3) is 5.89 Å². The minimum atomic E-state index is 0.448. The summed E-state index contributed by atoms with van der Waals surface area (Å²) >= 11 is 8.08. The predicted molar refractivity (Wildman–Crippen MR) is 111 cm³/mol.